The average molecular weight is 412 g/mol. The Morgan fingerprint density at radius 1 is 1.12 bits per heavy atom. The summed E-state index contributed by atoms with van der Waals surface area (Å²) in [5.74, 6) is 1.55. The summed E-state index contributed by atoms with van der Waals surface area (Å²) in [6.07, 6.45) is 0. The maximum Gasteiger partial charge on any atom is 0.165 e. The second-order valence-corrected chi connectivity index (χ2v) is 7.06. The van der Waals surface area contributed by atoms with Crippen molar-refractivity contribution in [3.05, 3.63) is 75.8 Å². The molecule has 0 saturated carbocycles. The van der Waals surface area contributed by atoms with Gasteiger partial charge in [0.25, 0.3) is 0 Å². The zero-order valence-electron chi connectivity index (χ0n) is 14.6. The monoisotopic (exact) mass is 411 g/mol. The Morgan fingerprint density at radius 2 is 1.92 bits per heavy atom. The molecule has 0 spiro atoms. The van der Waals surface area contributed by atoms with Gasteiger partial charge in [0.15, 0.2) is 11.6 Å². The van der Waals surface area contributed by atoms with Gasteiger partial charge in [-0.15, -0.1) is 10.2 Å². The van der Waals surface area contributed by atoms with Gasteiger partial charge in [-0.2, -0.15) is 5.06 Å². The zero-order chi connectivity index (χ0) is 18.1. The van der Waals surface area contributed by atoms with Crippen molar-refractivity contribution in [2.45, 2.75) is 13.2 Å². The van der Waals surface area contributed by atoms with Crippen molar-refractivity contribution in [2.24, 2.45) is 4.99 Å². The molecule has 7 heteroatoms. The van der Waals surface area contributed by atoms with Crippen LogP contribution in [0.25, 0.3) is 5.69 Å². The number of halogens is 1. The van der Waals surface area contributed by atoms with Crippen LogP contribution in [0.3, 0.4) is 0 Å². The number of hydrogen-bond donors (Lipinski definition) is 0. The fourth-order valence-electron chi connectivity index (χ4n) is 2.98. The van der Waals surface area contributed by atoms with E-state index in [1.54, 1.807) is 5.06 Å². The third-order valence-electron chi connectivity index (χ3n) is 4.13. The van der Waals surface area contributed by atoms with Crippen molar-refractivity contribution >= 4 is 21.6 Å². The van der Waals surface area contributed by atoms with Gasteiger partial charge in [0.2, 0.25) is 0 Å². The minimum atomic E-state index is 0.340. The molecule has 4 rings (SSSR count). The summed E-state index contributed by atoms with van der Waals surface area (Å²) in [5, 5.41) is 10.3. The second kappa shape index (κ2) is 7.11. The topological polar surface area (TPSA) is 55.5 Å². The number of nitrogens with zero attached hydrogens (tertiary/aromatic N) is 5. The zero-order valence-corrected chi connectivity index (χ0v) is 16.1. The number of rotatable bonds is 4. The lowest BCUT2D eigenvalue weighted by atomic mass is 10.0. The SMILES string of the molecule is CN(C)OCc1nnc2n1-c1cc(Br)ccc1C(c1ccccc1)=NC2. The van der Waals surface area contributed by atoms with Gasteiger partial charge in [0, 0.05) is 29.7 Å². The Labute approximate surface area is 160 Å². The molecule has 1 aromatic heterocycles. The molecule has 0 aliphatic carbocycles. The van der Waals surface area contributed by atoms with Crippen LogP contribution in [0.1, 0.15) is 22.8 Å². The Bertz CT molecular complexity index is 965. The first-order valence-electron chi connectivity index (χ1n) is 8.27. The van der Waals surface area contributed by atoms with Crippen LogP contribution in [-0.4, -0.2) is 39.6 Å². The van der Waals surface area contributed by atoms with Crippen molar-refractivity contribution in [2.75, 3.05) is 14.1 Å². The number of hydroxylamine groups is 2. The van der Waals surface area contributed by atoms with Crippen LogP contribution in [0.2, 0.25) is 0 Å². The largest absolute Gasteiger partial charge is 0.291 e. The molecule has 0 unspecified atom stereocenters. The van der Waals surface area contributed by atoms with E-state index in [0.717, 1.165) is 38.6 Å². The van der Waals surface area contributed by atoms with E-state index >= 15 is 0 Å². The normalized spacial score (nSPS) is 13.2. The molecule has 0 radical (unpaired) electrons. The number of aliphatic imine (C=N–C) groups is 1. The standard InChI is InChI=1S/C19H18BrN5O/c1-24(2)26-12-18-23-22-17-11-21-19(13-6-4-3-5-7-13)15-9-8-14(20)10-16(15)25(17)18/h3-10H,11-12H2,1-2H3. The van der Waals surface area contributed by atoms with E-state index in [9.17, 15) is 0 Å². The molecule has 0 saturated heterocycles. The molecular formula is C19H18BrN5O. The van der Waals surface area contributed by atoms with Crippen LogP contribution in [0.5, 0.6) is 0 Å². The molecule has 3 aromatic rings. The van der Waals surface area contributed by atoms with Crippen LogP contribution in [0.4, 0.5) is 0 Å². The molecule has 0 atom stereocenters. The third kappa shape index (κ3) is 3.21. The molecule has 0 amide bonds. The van der Waals surface area contributed by atoms with Gasteiger partial charge in [-0.1, -0.05) is 46.3 Å². The van der Waals surface area contributed by atoms with E-state index in [1.165, 1.54) is 0 Å². The van der Waals surface area contributed by atoms with Crippen LogP contribution in [0.15, 0.2) is 58.0 Å². The summed E-state index contributed by atoms with van der Waals surface area (Å²) in [6, 6.07) is 16.4. The lowest BCUT2D eigenvalue weighted by Gasteiger charge is -2.15. The van der Waals surface area contributed by atoms with E-state index in [4.69, 9.17) is 9.83 Å². The lowest BCUT2D eigenvalue weighted by molar-refractivity contribution is -0.133. The van der Waals surface area contributed by atoms with Crippen molar-refractivity contribution in [1.82, 2.24) is 19.8 Å². The van der Waals surface area contributed by atoms with Gasteiger partial charge in [-0.3, -0.25) is 14.4 Å². The van der Waals surface area contributed by atoms with Gasteiger partial charge >= 0.3 is 0 Å². The summed E-state index contributed by atoms with van der Waals surface area (Å²) < 4.78 is 3.04. The second-order valence-electron chi connectivity index (χ2n) is 6.15. The number of benzene rings is 2. The van der Waals surface area contributed by atoms with E-state index in [-0.39, 0.29) is 0 Å². The highest BCUT2D eigenvalue weighted by Gasteiger charge is 2.23. The van der Waals surface area contributed by atoms with Crippen LogP contribution >= 0.6 is 15.9 Å². The summed E-state index contributed by atoms with van der Waals surface area (Å²) in [7, 11) is 3.70. The molecule has 0 fully saturated rings. The van der Waals surface area contributed by atoms with Gasteiger partial charge in [0.1, 0.15) is 13.2 Å². The first kappa shape index (κ1) is 17.1. The Morgan fingerprint density at radius 3 is 2.69 bits per heavy atom. The molecule has 1 aliphatic rings. The van der Waals surface area contributed by atoms with Crippen molar-refractivity contribution in [3.63, 3.8) is 0 Å². The van der Waals surface area contributed by atoms with Crippen molar-refractivity contribution < 1.29 is 4.84 Å². The van der Waals surface area contributed by atoms with E-state index in [0.29, 0.717) is 13.2 Å². The fraction of sp³-hybridized carbons (Fsp3) is 0.211. The maximum absolute atomic E-state index is 5.61. The Balaban J connectivity index is 1.87. The molecule has 1 aliphatic heterocycles. The summed E-state index contributed by atoms with van der Waals surface area (Å²) >= 11 is 3.59. The predicted molar refractivity (Wildman–Crippen MR) is 103 cm³/mol. The molecule has 0 bridgehead atoms. The summed E-state index contributed by atoms with van der Waals surface area (Å²) in [4.78, 5) is 10.5. The van der Waals surface area contributed by atoms with Gasteiger partial charge < -0.3 is 0 Å². The molecule has 132 valence electrons. The van der Waals surface area contributed by atoms with Crippen molar-refractivity contribution in [1.29, 1.82) is 0 Å². The highest BCUT2D eigenvalue weighted by Crippen LogP contribution is 2.28. The lowest BCUT2D eigenvalue weighted by Crippen LogP contribution is -2.15. The van der Waals surface area contributed by atoms with Gasteiger partial charge in [0.05, 0.1) is 11.4 Å². The van der Waals surface area contributed by atoms with E-state index in [1.807, 2.05) is 42.9 Å². The van der Waals surface area contributed by atoms with E-state index in [2.05, 4.69) is 50.4 Å². The molecule has 2 aromatic carbocycles. The van der Waals surface area contributed by atoms with Gasteiger partial charge in [-0.25, -0.2) is 0 Å². The minimum absolute atomic E-state index is 0.340. The smallest absolute Gasteiger partial charge is 0.165 e. The number of aromatic nitrogens is 3. The quantitative estimate of drug-likeness (QED) is 0.617. The maximum atomic E-state index is 5.61. The molecule has 26 heavy (non-hydrogen) atoms. The van der Waals surface area contributed by atoms with Crippen molar-refractivity contribution in [3.8, 4) is 5.69 Å². The number of hydrogen-bond acceptors (Lipinski definition) is 5. The summed E-state index contributed by atoms with van der Waals surface area (Å²) in [6.45, 7) is 0.804. The van der Waals surface area contributed by atoms with Gasteiger partial charge in [-0.05, 0) is 18.2 Å². The Hall–Kier alpha value is -2.35. The fourth-order valence-corrected chi connectivity index (χ4v) is 3.33. The third-order valence-corrected chi connectivity index (χ3v) is 4.62. The Kier molecular flexibility index (Phi) is 4.67. The molecule has 2 heterocycles. The molecule has 6 nitrogen and oxygen atoms in total. The molecule has 0 N–H and O–H groups in total. The van der Waals surface area contributed by atoms with E-state index < -0.39 is 0 Å². The first-order valence-corrected chi connectivity index (χ1v) is 9.06. The first-order chi connectivity index (χ1) is 12.6. The predicted octanol–water partition coefficient (Wildman–Crippen LogP) is 3.37. The highest BCUT2D eigenvalue weighted by molar-refractivity contribution is 9.10. The minimum Gasteiger partial charge on any atom is -0.291 e. The summed E-state index contributed by atoms with van der Waals surface area (Å²) in [5.41, 5.74) is 4.08. The number of fused-ring (bicyclic) bond motifs is 3. The average Bonchev–Trinajstić information content (AvgIpc) is 2.97. The van der Waals surface area contributed by atoms with Crippen LogP contribution in [0, 0.1) is 0 Å². The highest BCUT2D eigenvalue weighted by atomic mass is 79.9. The van der Waals surface area contributed by atoms with Crippen LogP contribution in [-0.2, 0) is 18.0 Å². The van der Waals surface area contributed by atoms with Crippen LogP contribution < -0.4 is 0 Å². The molecular weight excluding hydrogens is 394 g/mol.